The lowest BCUT2D eigenvalue weighted by Gasteiger charge is -2.43. The van der Waals surface area contributed by atoms with Gasteiger partial charge in [-0.2, -0.15) is 0 Å². The molecule has 21 heavy (non-hydrogen) atoms. The second-order valence-electron chi connectivity index (χ2n) is 5.59. The van der Waals surface area contributed by atoms with Gasteiger partial charge in [0.05, 0.1) is 25.3 Å². The number of rotatable bonds is 3. The Hall–Kier alpha value is -1.81. The molecular formula is C17H21NO3. The quantitative estimate of drug-likeness (QED) is 0.802. The number of fused-ring (bicyclic) bond motifs is 2. The van der Waals surface area contributed by atoms with Crippen molar-refractivity contribution in [3.05, 3.63) is 47.5 Å². The number of hydrogen-bond donors (Lipinski definition) is 0. The van der Waals surface area contributed by atoms with E-state index in [2.05, 4.69) is 13.0 Å². The molecule has 1 aromatic carbocycles. The lowest BCUT2D eigenvalue weighted by atomic mass is 9.93. The largest absolute Gasteiger partial charge is 0.445 e. The van der Waals surface area contributed by atoms with Crippen molar-refractivity contribution >= 4 is 6.09 Å². The molecule has 112 valence electrons. The number of nitrogens with zero attached hydrogens (tertiary/aromatic N) is 1. The second kappa shape index (κ2) is 6.31. The van der Waals surface area contributed by atoms with E-state index in [4.69, 9.17) is 9.47 Å². The van der Waals surface area contributed by atoms with E-state index in [0.717, 1.165) is 18.4 Å². The molecule has 4 heteroatoms. The van der Waals surface area contributed by atoms with Crippen molar-refractivity contribution in [1.82, 2.24) is 4.90 Å². The maximum atomic E-state index is 12.4. The van der Waals surface area contributed by atoms with Crippen LogP contribution in [0, 0.1) is 0 Å². The zero-order valence-electron chi connectivity index (χ0n) is 12.3. The van der Waals surface area contributed by atoms with E-state index in [-0.39, 0.29) is 18.2 Å². The molecule has 2 bridgehead atoms. The fraction of sp³-hybridized carbons (Fsp3) is 0.471. The summed E-state index contributed by atoms with van der Waals surface area (Å²) in [5.41, 5.74) is 2.43. The molecule has 0 saturated carbocycles. The number of benzene rings is 1. The third kappa shape index (κ3) is 3.10. The van der Waals surface area contributed by atoms with Crippen LogP contribution in [-0.2, 0) is 16.1 Å². The summed E-state index contributed by atoms with van der Waals surface area (Å²) >= 11 is 0. The van der Waals surface area contributed by atoms with Crippen LogP contribution in [0.2, 0.25) is 0 Å². The standard InChI is InChI=1S/C17H21NO3/c1-2-13-8-15-11-20-12-16(9-13)18(15)17(19)21-10-14-6-4-3-5-7-14/h3-8,15-16H,2,9-12H2,1H3. The van der Waals surface area contributed by atoms with Crippen molar-refractivity contribution in [2.45, 2.75) is 38.5 Å². The summed E-state index contributed by atoms with van der Waals surface area (Å²) in [5, 5.41) is 0. The fourth-order valence-electron chi connectivity index (χ4n) is 3.03. The van der Waals surface area contributed by atoms with Gasteiger partial charge in [-0.3, -0.25) is 4.90 Å². The van der Waals surface area contributed by atoms with Crippen LogP contribution in [0.3, 0.4) is 0 Å². The van der Waals surface area contributed by atoms with Gasteiger partial charge in [0.2, 0.25) is 0 Å². The van der Waals surface area contributed by atoms with Gasteiger partial charge in [0, 0.05) is 0 Å². The zero-order valence-corrected chi connectivity index (χ0v) is 12.3. The van der Waals surface area contributed by atoms with Crippen molar-refractivity contribution in [2.75, 3.05) is 13.2 Å². The molecular weight excluding hydrogens is 266 g/mol. The molecule has 0 aliphatic carbocycles. The molecule has 0 radical (unpaired) electrons. The van der Waals surface area contributed by atoms with E-state index < -0.39 is 0 Å². The van der Waals surface area contributed by atoms with Crippen molar-refractivity contribution in [2.24, 2.45) is 0 Å². The summed E-state index contributed by atoms with van der Waals surface area (Å²) in [6, 6.07) is 9.91. The van der Waals surface area contributed by atoms with Crippen molar-refractivity contribution in [1.29, 1.82) is 0 Å². The van der Waals surface area contributed by atoms with E-state index in [1.54, 1.807) is 0 Å². The zero-order chi connectivity index (χ0) is 14.7. The molecule has 2 aliphatic rings. The first-order valence-electron chi connectivity index (χ1n) is 7.54. The summed E-state index contributed by atoms with van der Waals surface area (Å²) < 4.78 is 11.1. The lowest BCUT2D eigenvalue weighted by molar-refractivity contribution is -0.0374. The smallest absolute Gasteiger partial charge is 0.411 e. The molecule has 3 rings (SSSR count). The Bertz CT molecular complexity index is 526. The number of hydrogen-bond acceptors (Lipinski definition) is 3. The van der Waals surface area contributed by atoms with Gasteiger partial charge in [-0.25, -0.2) is 4.79 Å². The first kappa shape index (κ1) is 14.1. The Kier molecular flexibility index (Phi) is 4.25. The summed E-state index contributed by atoms with van der Waals surface area (Å²) in [6.45, 7) is 3.65. The molecule has 2 heterocycles. The molecule has 0 N–H and O–H groups in total. The first-order chi connectivity index (χ1) is 10.3. The van der Waals surface area contributed by atoms with Crippen LogP contribution in [0.5, 0.6) is 0 Å². The predicted molar refractivity (Wildman–Crippen MR) is 79.9 cm³/mol. The highest BCUT2D eigenvalue weighted by Crippen LogP contribution is 2.29. The minimum atomic E-state index is -0.233. The van der Waals surface area contributed by atoms with Crippen LogP contribution >= 0.6 is 0 Å². The van der Waals surface area contributed by atoms with E-state index in [0.29, 0.717) is 19.8 Å². The minimum Gasteiger partial charge on any atom is -0.445 e. The molecule has 1 saturated heterocycles. The van der Waals surface area contributed by atoms with Gasteiger partial charge < -0.3 is 9.47 Å². The number of ether oxygens (including phenoxy) is 2. The van der Waals surface area contributed by atoms with E-state index in [1.165, 1.54) is 5.57 Å². The third-order valence-corrected chi connectivity index (χ3v) is 4.15. The van der Waals surface area contributed by atoms with Gasteiger partial charge >= 0.3 is 6.09 Å². The predicted octanol–water partition coefficient (Wildman–Crippen LogP) is 3.13. The Balaban J connectivity index is 1.66. The average molecular weight is 287 g/mol. The molecule has 0 aromatic heterocycles. The van der Waals surface area contributed by atoms with Crippen LogP contribution in [-0.4, -0.2) is 36.3 Å². The molecule has 2 aliphatic heterocycles. The monoisotopic (exact) mass is 287 g/mol. The highest BCUT2D eigenvalue weighted by molar-refractivity contribution is 5.69. The van der Waals surface area contributed by atoms with Gasteiger partial charge in [0.1, 0.15) is 6.61 Å². The van der Waals surface area contributed by atoms with Gasteiger partial charge in [0.25, 0.3) is 0 Å². The SMILES string of the molecule is CCC1=CC2COCC(C1)N2C(=O)OCc1ccccc1. The second-order valence-corrected chi connectivity index (χ2v) is 5.59. The number of morpholine rings is 1. The van der Waals surface area contributed by atoms with Crippen LogP contribution in [0.25, 0.3) is 0 Å². The maximum absolute atomic E-state index is 12.4. The van der Waals surface area contributed by atoms with E-state index in [9.17, 15) is 4.79 Å². The van der Waals surface area contributed by atoms with Crippen LogP contribution in [0.4, 0.5) is 4.79 Å². The van der Waals surface area contributed by atoms with Gasteiger partial charge in [-0.15, -0.1) is 0 Å². The van der Waals surface area contributed by atoms with Crippen LogP contribution in [0.15, 0.2) is 42.0 Å². The highest BCUT2D eigenvalue weighted by Gasteiger charge is 2.38. The molecule has 2 unspecified atom stereocenters. The van der Waals surface area contributed by atoms with Crippen molar-refractivity contribution in [3.8, 4) is 0 Å². The first-order valence-corrected chi connectivity index (χ1v) is 7.54. The fourth-order valence-corrected chi connectivity index (χ4v) is 3.03. The highest BCUT2D eigenvalue weighted by atomic mass is 16.6. The summed E-state index contributed by atoms with van der Waals surface area (Å²) in [6.07, 6.45) is 3.87. The van der Waals surface area contributed by atoms with Crippen molar-refractivity contribution in [3.63, 3.8) is 0 Å². The summed E-state index contributed by atoms with van der Waals surface area (Å²) in [5.74, 6) is 0. The molecule has 1 fully saturated rings. The maximum Gasteiger partial charge on any atom is 0.411 e. The topological polar surface area (TPSA) is 38.8 Å². The molecule has 1 amide bonds. The molecule has 2 atom stereocenters. The van der Waals surface area contributed by atoms with Crippen LogP contribution < -0.4 is 0 Å². The molecule has 0 spiro atoms. The molecule has 4 nitrogen and oxygen atoms in total. The van der Waals surface area contributed by atoms with Crippen molar-refractivity contribution < 1.29 is 14.3 Å². The number of carbonyl (C=O) groups excluding carboxylic acids is 1. The lowest BCUT2D eigenvalue weighted by Crippen LogP contribution is -2.56. The van der Waals surface area contributed by atoms with E-state index >= 15 is 0 Å². The minimum absolute atomic E-state index is 0.0238. The van der Waals surface area contributed by atoms with Gasteiger partial charge in [-0.05, 0) is 18.4 Å². The average Bonchev–Trinajstić information content (AvgIpc) is 2.52. The summed E-state index contributed by atoms with van der Waals surface area (Å²) in [4.78, 5) is 14.3. The Morgan fingerprint density at radius 1 is 1.33 bits per heavy atom. The molecule has 1 aromatic rings. The summed E-state index contributed by atoms with van der Waals surface area (Å²) in [7, 11) is 0. The van der Waals surface area contributed by atoms with E-state index in [1.807, 2.05) is 35.2 Å². The third-order valence-electron chi connectivity index (χ3n) is 4.15. The number of amides is 1. The van der Waals surface area contributed by atoms with Gasteiger partial charge in [0.15, 0.2) is 0 Å². The van der Waals surface area contributed by atoms with Crippen LogP contribution in [0.1, 0.15) is 25.3 Å². The Morgan fingerprint density at radius 2 is 2.14 bits per heavy atom. The Morgan fingerprint density at radius 3 is 2.86 bits per heavy atom. The normalized spacial score (nSPS) is 24.4. The van der Waals surface area contributed by atoms with Gasteiger partial charge in [-0.1, -0.05) is 48.9 Å². The number of carbonyl (C=O) groups is 1. The Labute approximate surface area is 125 Å².